The SMILES string of the molecule is O=C(Nc1ccc(Cl)cc1)C1OC(Oc2cc3oc(-c4ccc(OCc5ccccc5)cc4)cc(=O)c3c(O)c2OCc2ccccc2)C(O)C(O)C1O. The molecular weight excluding hydrogens is 718 g/mol. The molecule has 0 bridgehead atoms. The van der Waals surface area contributed by atoms with Gasteiger partial charge in [0.15, 0.2) is 23.0 Å². The number of halogens is 1. The molecule has 1 fully saturated rings. The second-order valence-electron chi connectivity index (χ2n) is 12.5. The summed E-state index contributed by atoms with van der Waals surface area (Å²) in [5.41, 5.74) is 1.88. The van der Waals surface area contributed by atoms with Gasteiger partial charge in [-0.25, -0.2) is 0 Å². The van der Waals surface area contributed by atoms with Gasteiger partial charge in [0.25, 0.3) is 5.91 Å². The lowest BCUT2D eigenvalue weighted by Gasteiger charge is -2.39. The molecule has 5 unspecified atom stereocenters. The number of hydrogen-bond donors (Lipinski definition) is 5. The molecule has 0 spiro atoms. The van der Waals surface area contributed by atoms with Crippen molar-refractivity contribution in [1.29, 1.82) is 0 Å². The third kappa shape index (κ3) is 8.03. The van der Waals surface area contributed by atoms with Crippen LogP contribution in [0.25, 0.3) is 22.3 Å². The molecule has 0 aliphatic carbocycles. The molecule has 1 amide bonds. The molecule has 7 rings (SSSR count). The van der Waals surface area contributed by atoms with Crippen molar-refractivity contribution in [1.82, 2.24) is 0 Å². The summed E-state index contributed by atoms with van der Waals surface area (Å²) in [5, 5.41) is 46.7. The van der Waals surface area contributed by atoms with Crippen LogP contribution in [0.1, 0.15) is 11.1 Å². The second-order valence-corrected chi connectivity index (χ2v) is 12.9. The lowest BCUT2D eigenvalue weighted by atomic mass is 9.98. The first kappa shape index (κ1) is 36.5. The van der Waals surface area contributed by atoms with Crippen LogP contribution in [-0.2, 0) is 22.7 Å². The van der Waals surface area contributed by atoms with Crippen LogP contribution in [0.2, 0.25) is 5.02 Å². The lowest BCUT2D eigenvalue weighted by molar-refractivity contribution is -0.265. The number of amides is 1. The summed E-state index contributed by atoms with van der Waals surface area (Å²) in [6, 6.07) is 34.2. The van der Waals surface area contributed by atoms with Gasteiger partial charge in [0.2, 0.25) is 12.0 Å². The van der Waals surface area contributed by atoms with Crippen molar-refractivity contribution >= 4 is 34.2 Å². The summed E-state index contributed by atoms with van der Waals surface area (Å²) in [7, 11) is 0. The van der Waals surface area contributed by atoms with Crippen molar-refractivity contribution in [2.45, 2.75) is 43.9 Å². The number of anilines is 1. The fourth-order valence-electron chi connectivity index (χ4n) is 5.85. The van der Waals surface area contributed by atoms with E-state index in [1.54, 1.807) is 60.7 Å². The third-order valence-electron chi connectivity index (χ3n) is 8.71. The Morgan fingerprint density at radius 3 is 2.04 bits per heavy atom. The average Bonchev–Trinajstić information content (AvgIpc) is 3.18. The first-order chi connectivity index (χ1) is 26.1. The molecule has 5 N–H and O–H groups in total. The zero-order valence-electron chi connectivity index (χ0n) is 28.4. The number of rotatable bonds is 11. The predicted octanol–water partition coefficient (Wildman–Crippen LogP) is 5.80. The van der Waals surface area contributed by atoms with Crippen molar-refractivity contribution in [2.24, 2.45) is 0 Å². The highest BCUT2D eigenvalue weighted by Gasteiger charge is 2.48. The maximum absolute atomic E-state index is 13.5. The van der Waals surface area contributed by atoms with E-state index in [0.717, 1.165) is 5.56 Å². The Morgan fingerprint density at radius 1 is 0.759 bits per heavy atom. The zero-order chi connectivity index (χ0) is 37.8. The highest BCUT2D eigenvalue weighted by molar-refractivity contribution is 6.30. The van der Waals surface area contributed by atoms with Crippen molar-refractivity contribution in [3.05, 3.63) is 148 Å². The number of carbonyl (C=O) groups is 1. The maximum Gasteiger partial charge on any atom is 0.256 e. The number of phenols is 1. The highest BCUT2D eigenvalue weighted by atomic mass is 35.5. The number of phenolic OH excluding ortho intramolecular Hbond substituents is 1. The minimum atomic E-state index is -1.89. The van der Waals surface area contributed by atoms with Gasteiger partial charge in [-0.05, 0) is 59.7 Å². The first-order valence-electron chi connectivity index (χ1n) is 16.8. The van der Waals surface area contributed by atoms with Crippen molar-refractivity contribution < 1.29 is 48.6 Å². The smallest absolute Gasteiger partial charge is 0.256 e. The Hall–Kier alpha value is -5.89. The van der Waals surface area contributed by atoms with E-state index in [-0.39, 0.29) is 34.8 Å². The molecule has 5 atom stereocenters. The number of carbonyl (C=O) groups excluding carboxylic acids is 1. The van der Waals surface area contributed by atoms with Crippen LogP contribution in [0.3, 0.4) is 0 Å². The largest absolute Gasteiger partial charge is 0.504 e. The minimum absolute atomic E-state index is 0.0695. The number of ether oxygens (including phenoxy) is 4. The van der Waals surface area contributed by atoms with Gasteiger partial charge in [-0.1, -0.05) is 72.3 Å². The Bertz CT molecular complexity index is 2280. The van der Waals surface area contributed by atoms with E-state index in [9.17, 15) is 30.0 Å². The van der Waals surface area contributed by atoms with Gasteiger partial charge in [0, 0.05) is 28.4 Å². The number of aliphatic hydroxyl groups excluding tert-OH is 3. The van der Waals surface area contributed by atoms with Crippen LogP contribution < -0.4 is 25.0 Å². The molecule has 13 heteroatoms. The number of aromatic hydroxyl groups is 1. The number of hydrogen-bond acceptors (Lipinski definition) is 11. The molecule has 1 saturated heterocycles. The van der Waals surface area contributed by atoms with Crippen LogP contribution in [0, 0.1) is 0 Å². The molecular formula is C41H34ClNO11. The van der Waals surface area contributed by atoms with Gasteiger partial charge in [-0.2, -0.15) is 0 Å². The van der Waals surface area contributed by atoms with E-state index in [1.165, 1.54) is 24.3 Å². The quantitative estimate of drug-likeness (QED) is 0.108. The summed E-state index contributed by atoms with van der Waals surface area (Å²) in [6.45, 7) is 0.297. The molecule has 1 aromatic heterocycles. The van der Waals surface area contributed by atoms with Crippen LogP contribution >= 0.6 is 11.6 Å². The van der Waals surface area contributed by atoms with Crippen LogP contribution in [-0.4, -0.2) is 57.0 Å². The Kier molecular flexibility index (Phi) is 10.8. The first-order valence-corrected chi connectivity index (χ1v) is 17.2. The summed E-state index contributed by atoms with van der Waals surface area (Å²) >= 11 is 5.94. The molecule has 1 aliphatic heterocycles. The van der Waals surface area contributed by atoms with E-state index in [0.29, 0.717) is 34.2 Å². The molecule has 6 aromatic rings. The number of fused-ring (bicyclic) bond motifs is 1. The normalized spacial score (nSPS) is 19.6. The Morgan fingerprint density at radius 2 is 1.39 bits per heavy atom. The van der Waals surface area contributed by atoms with Crippen LogP contribution in [0.5, 0.6) is 23.0 Å². The van der Waals surface area contributed by atoms with Crippen molar-refractivity contribution in [3.8, 4) is 34.3 Å². The van der Waals surface area contributed by atoms with Gasteiger partial charge < -0.3 is 49.1 Å². The summed E-state index contributed by atoms with van der Waals surface area (Å²) in [4.78, 5) is 26.7. The fourth-order valence-corrected chi connectivity index (χ4v) is 5.98. The molecule has 1 aliphatic rings. The van der Waals surface area contributed by atoms with Gasteiger partial charge in [-0.3, -0.25) is 9.59 Å². The van der Waals surface area contributed by atoms with E-state index in [4.69, 9.17) is 35.0 Å². The van der Waals surface area contributed by atoms with Crippen molar-refractivity contribution in [2.75, 3.05) is 5.32 Å². The van der Waals surface area contributed by atoms with E-state index >= 15 is 0 Å². The minimum Gasteiger partial charge on any atom is -0.504 e. The van der Waals surface area contributed by atoms with Gasteiger partial charge in [0.1, 0.15) is 54.0 Å². The summed E-state index contributed by atoms with van der Waals surface area (Å²) < 4.78 is 29.7. The van der Waals surface area contributed by atoms with E-state index < -0.39 is 47.8 Å². The Labute approximate surface area is 313 Å². The van der Waals surface area contributed by atoms with Crippen LogP contribution in [0.15, 0.2) is 131 Å². The second kappa shape index (κ2) is 16.0. The molecule has 2 heterocycles. The molecule has 0 radical (unpaired) electrons. The summed E-state index contributed by atoms with van der Waals surface area (Å²) in [5.74, 6) is -1.27. The lowest BCUT2D eigenvalue weighted by Crippen LogP contribution is -2.62. The van der Waals surface area contributed by atoms with Gasteiger partial charge >= 0.3 is 0 Å². The molecule has 0 saturated carbocycles. The maximum atomic E-state index is 13.5. The average molecular weight is 752 g/mol. The monoisotopic (exact) mass is 751 g/mol. The summed E-state index contributed by atoms with van der Waals surface area (Å²) in [6.07, 6.45) is -9.10. The standard InChI is InChI=1S/C41H34ClNO11/c42-26-13-15-27(16-14-26)43-40(49)39-36(47)35(46)37(48)41(54-39)53-32-20-31-33(34(45)38(32)51-22-24-9-5-2-6-10-24)29(44)19-30(52-31)25-11-17-28(18-12-25)50-21-23-7-3-1-4-8-23/h1-20,35-37,39,41,45-48H,21-22H2,(H,43,49). The van der Waals surface area contributed by atoms with Crippen LogP contribution in [0.4, 0.5) is 5.69 Å². The van der Waals surface area contributed by atoms with E-state index in [2.05, 4.69) is 5.32 Å². The molecule has 12 nitrogen and oxygen atoms in total. The Balaban J connectivity index is 1.20. The van der Waals surface area contributed by atoms with Crippen molar-refractivity contribution in [3.63, 3.8) is 0 Å². The number of aliphatic hydroxyl groups is 3. The fraction of sp³-hybridized carbons (Fsp3) is 0.171. The molecule has 5 aromatic carbocycles. The van der Waals surface area contributed by atoms with Gasteiger partial charge in [0.05, 0.1) is 0 Å². The predicted molar refractivity (Wildman–Crippen MR) is 199 cm³/mol. The molecule has 276 valence electrons. The highest BCUT2D eigenvalue weighted by Crippen LogP contribution is 2.44. The number of benzene rings is 5. The van der Waals surface area contributed by atoms with E-state index in [1.807, 2.05) is 36.4 Å². The molecule has 54 heavy (non-hydrogen) atoms. The third-order valence-corrected chi connectivity index (χ3v) is 8.96. The van der Waals surface area contributed by atoms with Gasteiger partial charge in [-0.15, -0.1) is 0 Å². The number of nitrogens with one attached hydrogen (secondary N) is 1. The zero-order valence-corrected chi connectivity index (χ0v) is 29.1. The topological polar surface area (TPSA) is 177 Å².